The summed E-state index contributed by atoms with van der Waals surface area (Å²) in [5.41, 5.74) is 2.28. The summed E-state index contributed by atoms with van der Waals surface area (Å²) >= 11 is 0. The first-order valence-electron chi connectivity index (χ1n) is 8.58. The van der Waals surface area contributed by atoms with E-state index in [-0.39, 0.29) is 18.4 Å². The Morgan fingerprint density at radius 2 is 1.88 bits per heavy atom. The van der Waals surface area contributed by atoms with Gasteiger partial charge in [0.05, 0.1) is 6.54 Å². The molecule has 0 spiro atoms. The molecule has 2 amide bonds. The topological polar surface area (TPSA) is 40.6 Å². The molecule has 1 fully saturated rings. The Morgan fingerprint density at radius 3 is 2.62 bits per heavy atom. The molecular formula is C20H24N2O2. The predicted molar refractivity (Wildman–Crippen MR) is 95.6 cm³/mol. The van der Waals surface area contributed by atoms with Crippen molar-refractivity contribution < 1.29 is 9.59 Å². The number of carbonyl (C=O) groups is 2. The molecule has 4 nitrogen and oxygen atoms in total. The zero-order chi connectivity index (χ0) is 17.3. The second kappa shape index (κ2) is 6.63. The first-order chi connectivity index (χ1) is 11.5. The lowest BCUT2D eigenvalue weighted by Gasteiger charge is -2.39. The normalized spacial score (nSPS) is 18.5. The van der Waals surface area contributed by atoms with Crippen molar-refractivity contribution in [2.45, 2.75) is 39.8 Å². The van der Waals surface area contributed by atoms with Crippen LogP contribution in [0, 0.1) is 6.92 Å². The molecule has 2 aromatic carbocycles. The van der Waals surface area contributed by atoms with Crippen molar-refractivity contribution >= 4 is 22.6 Å². The molecule has 1 atom stereocenters. The van der Waals surface area contributed by atoms with E-state index < -0.39 is 6.04 Å². The number of benzene rings is 2. The molecule has 0 unspecified atom stereocenters. The minimum Gasteiger partial charge on any atom is -0.332 e. The summed E-state index contributed by atoms with van der Waals surface area (Å²) < 4.78 is 0. The highest BCUT2D eigenvalue weighted by atomic mass is 16.2. The number of hydrogen-bond donors (Lipinski definition) is 0. The molecule has 1 heterocycles. The van der Waals surface area contributed by atoms with Gasteiger partial charge in [-0.1, -0.05) is 43.3 Å². The van der Waals surface area contributed by atoms with Gasteiger partial charge >= 0.3 is 0 Å². The van der Waals surface area contributed by atoms with E-state index in [1.54, 1.807) is 9.80 Å². The average Bonchev–Trinajstić information content (AvgIpc) is 2.58. The molecule has 3 rings (SSSR count). The molecule has 0 bridgehead atoms. The van der Waals surface area contributed by atoms with E-state index in [2.05, 4.69) is 31.2 Å². The number of aryl methyl sites for hydroxylation is 1. The minimum absolute atomic E-state index is 0.0304. The molecule has 1 saturated heterocycles. The van der Waals surface area contributed by atoms with Gasteiger partial charge in [-0.05, 0) is 42.2 Å². The van der Waals surface area contributed by atoms with Crippen molar-refractivity contribution in [1.82, 2.24) is 9.80 Å². The summed E-state index contributed by atoms with van der Waals surface area (Å²) in [7, 11) is 0. The van der Waals surface area contributed by atoms with Crippen molar-refractivity contribution in [2.75, 3.05) is 13.1 Å². The van der Waals surface area contributed by atoms with Gasteiger partial charge in [-0.2, -0.15) is 0 Å². The molecule has 0 N–H and O–H groups in total. The largest absolute Gasteiger partial charge is 0.332 e. The minimum atomic E-state index is -0.406. The van der Waals surface area contributed by atoms with Crippen molar-refractivity contribution in [3.05, 3.63) is 47.5 Å². The van der Waals surface area contributed by atoms with Crippen LogP contribution in [0.4, 0.5) is 0 Å². The van der Waals surface area contributed by atoms with E-state index in [0.29, 0.717) is 13.1 Å². The Bertz CT molecular complexity index is 784. The van der Waals surface area contributed by atoms with Crippen LogP contribution < -0.4 is 0 Å². The zero-order valence-electron chi connectivity index (χ0n) is 14.6. The van der Waals surface area contributed by atoms with Crippen LogP contribution in [-0.2, 0) is 16.1 Å². The molecular weight excluding hydrogens is 300 g/mol. The maximum Gasteiger partial charge on any atom is 0.245 e. The lowest BCUT2D eigenvalue weighted by molar-refractivity contribution is -0.155. The van der Waals surface area contributed by atoms with Gasteiger partial charge in [0, 0.05) is 13.1 Å². The third kappa shape index (κ3) is 2.88. The number of nitrogens with zero attached hydrogens (tertiary/aromatic N) is 2. The van der Waals surface area contributed by atoms with Crippen LogP contribution >= 0.6 is 0 Å². The van der Waals surface area contributed by atoms with E-state index >= 15 is 0 Å². The number of amides is 2. The molecule has 4 heteroatoms. The summed E-state index contributed by atoms with van der Waals surface area (Å²) in [6.07, 6.45) is 0.869. The Hall–Kier alpha value is -2.36. The maximum atomic E-state index is 12.6. The van der Waals surface area contributed by atoms with Crippen LogP contribution in [0.3, 0.4) is 0 Å². The Balaban J connectivity index is 1.93. The summed E-state index contributed by atoms with van der Waals surface area (Å²) in [4.78, 5) is 28.6. The molecule has 0 aromatic heterocycles. The van der Waals surface area contributed by atoms with Gasteiger partial charge < -0.3 is 9.80 Å². The molecule has 0 aliphatic carbocycles. The number of piperazine rings is 1. The van der Waals surface area contributed by atoms with Crippen LogP contribution in [0.2, 0.25) is 0 Å². The van der Waals surface area contributed by atoms with Gasteiger partial charge in [-0.3, -0.25) is 9.59 Å². The smallest absolute Gasteiger partial charge is 0.245 e. The molecule has 1 aliphatic heterocycles. The van der Waals surface area contributed by atoms with Gasteiger partial charge in [0.1, 0.15) is 6.04 Å². The van der Waals surface area contributed by atoms with Crippen molar-refractivity contribution in [3.8, 4) is 0 Å². The fourth-order valence-corrected chi connectivity index (χ4v) is 3.45. The number of rotatable bonds is 4. The van der Waals surface area contributed by atoms with E-state index in [9.17, 15) is 9.59 Å². The maximum absolute atomic E-state index is 12.6. The quantitative estimate of drug-likeness (QED) is 0.867. The summed E-state index contributed by atoms with van der Waals surface area (Å²) in [6, 6.07) is 12.0. The zero-order valence-corrected chi connectivity index (χ0v) is 14.6. The van der Waals surface area contributed by atoms with Gasteiger partial charge in [-0.15, -0.1) is 0 Å². The van der Waals surface area contributed by atoms with E-state index in [4.69, 9.17) is 0 Å². The van der Waals surface area contributed by atoms with E-state index in [1.807, 2.05) is 26.0 Å². The highest BCUT2D eigenvalue weighted by Crippen LogP contribution is 2.25. The third-order valence-electron chi connectivity index (χ3n) is 4.88. The fourth-order valence-electron chi connectivity index (χ4n) is 3.45. The SMILES string of the molecule is CCCN1CC(=O)N(Cc2c(C)ccc3ccccc23)[C@H](C)C1=O. The fraction of sp³-hybridized carbons (Fsp3) is 0.400. The van der Waals surface area contributed by atoms with Gasteiger partial charge in [0.15, 0.2) is 0 Å². The van der Waals surface area contributed by atoms with E-state index in [0.717, 1.165) is 28.3 Å². The molecule has 2 aromatic rings. The predicted octanol–water partition coefficient (Wildman–Crippen LogP) is 3.12. The highest BCUT2D eigenvalue weighted by Gasteiger charge is 2.36. The van der Waals surface area contributed by atoms with Gasteiger partial charge in [0.2, 0.25) is 11.8 Å². The summed E-state index contributed by atoms with van der Waals surface area (Å²) in [5, 5.41) is 2.31. The molecule has 0 saturated carbocycles. The monoisotopic (exact) mass is 324 g/mol. The highest BCUT2D eigenvalue weighted by molar-refractivity contribution is 5.95. The molecule has 24 heavy (non-hydrogen) atoms. The van der Waals surface area contributed by atoms with Crippen LogP contribution in [-0.4, -0.2) is 40.7 Å². The first kappa shape index (κ1) is 16.5. The Kier molecular flexibility index (Phi) is 4.56. The number of carbonyl (C=O) groups excluding carboxylic acids is 2. The molecule has 1 aliphatic rings. The van der Waals surface area contributed by atoms with Crippen molar-refractivity contribution in [2.24, 2.45) is 0 Å². The number of fused-ring (bicyclic) bond motifs is 1. The molecule has 126 valence electrons. The van der Waals surface area contributed by atoms with E-state index in [1.165, 1.54) is 0 Å². The molecule has 0 radical (unpaired) electrons. The van der Waals surface area contributed by atoms with Crippen LogP contribution in [0.1, 0.15) is 31.4 Å². The Labute approximate surface area is 143 Å². The second-order valence-corrected chi connectivity index (χ2v) is 6.54. The lowest BCUT2D eigenvalue weighted by atomic mass is 9.98. The first-order valence-corrected chi connectivity index (χ1v) is 8.58. The summed E-state index contributed by atoms with van der Waals surface area (Å²) in [6.45, 7) is 7.25. The van der Waals surface area contributed by atoms with Crippen molar-refractivity contribution in [3.63, 3.8) is 0 Å². The van der Waals surface area contributed by atoms with Crippen LogP contribution in [0.5, 0.6) is 0 Å². The Morgan fingerprint density at radius 1 is 1.12 bits per heavy atom. The number of hydrogen-bond acceptors (Lipinski definition) is 2. The van der Waals surface area contributed by atoms with Gasteiger partial charge in [-0.25, -0.2) is 0 Å². The summed E-state index contributed by atoms with van der Waals surface area (Å²) in [5.74, 6) is 0.0808. The average molecular weight is 324 g/mol. The van der Waals surface area contributed by atoms with Crippen LogP contribution in [0.15, 0.2) is 36.4 Å². The third-order valence-corrected chi connectivity index (χ3v) is 4.88. The van der Waals surface area contributed by atoms with Crippen LogP contribution in [0.25, 0.3) is 10.8 Å². The van der Waals surface area contributed by atoms with Gasteiger partial charge in [0.25, 0.3) is 0 Å². The second-order valence-electron chi connectivity index (χ2n) is 6.54. The lowest BCUT2D eigenvalue weighted by Crippen LogP contribution is -2.58. The van der Waals surface area contributed by atoms with Crippen molar-refractivity contribution in [1.29, 1.82) is 0 Å². The standard InChI is InChI=1S/C20H24N2O2/c1-4-11-21-13-19(23)22(15(3)20(21)24)12-18-14(2)9-10-16-7-5-6-8-17(16)18/h5-10,15H,4,11-13H2,1-3H3/t15-/m1/s1.